The van der Waals surface area contributed by atoms with Crippen LogP contribution in [0.4, 0.5) is 0 Å². The Kier molecular flexibility index (Phi) is 5.20. The van der Waals surface area contributed by atoms with Gasteiger partial charge in [0.05, 0.1) is 22.0 Å². The molecule has 0 bridgehead atoms. The number of ether oxygens (including phenoxy) is 1. The summed E-state index contributed by atoms with van der Waals surface area (Å²) in [6.07, 6.45) is 6.88. The van der Waals surface area contributed by atoms with E-state index in [1.165, 1.54) is 43.7 Å². The van der Waals surface area contributed by atoms with Crippen molar-refractivity contribution in [2.75, 3.05) is 26.2 Å². The summed E-state index contributed by atoms with van der Waals surface area (Å²) in [5.74, 6) is 0.632. The Morgan fingerprint density at radius 2 is 2.00 bits per heavy atom. The van der Waals surface area contributed by atoms with Gasteiger partial charge >= 0.3 is 0 Å². The molecule has 7 heteroatoms. The number of nitrogens with zero attached hydrogens (tertiary/aromatic N) is 4. The first-order chi connectivity index (χ1) is 12.3. The molecule has 0 N–H and O–H groups in total. The topological polar surface area (TPSA) is 42.7 Å². The van der Waals surface area contributed by atoms with Gasteiger partial charge in [-0.2, -0.15) is 0 Å². The first kappa shape index (κ1) is 16.8. The molecule has 0 saturated carbocycles. The van der Waals surface area contributed by atoms with E-state index in [9.17, 15) is 0 Å². The Bertz CT molecular complexity index is 841. The van der Waals surface area contributed by atoms with Gasteiger partial charge in [0.2, 0.25) is 5.88 Å². The molecule has 0 radical (unpaired) electrons. The van der Waals surface area contributed by atoms with E-state index < -0.39 is 0 Å². The summed E-state index contributed by atoms with van der Waals surface area (Å²) < 4.78 is 8.44. The number of halogens is 1. The molecule has 0 aliphatic carbocycles. The van der Waals surface area contributed by atoms with E-state index in [1.807, 2.05) is 35.0 Å². The number of imidazole rings is 1. The summed E-state index contributed by atoms with van der Waals surface area (Å²) in [5.41, 5.74) is 1.74. The molecule has 0 unspecified atom stereocenters. The Labute approximate surface area is 156 Å². The fourth-order valence-corrected chi connectivity index (χ4v) is 4.24. The van der Waals surface area contributed by atoms with Crippen LogP contribution in [0.2, 0.25) is 4.34 Å². The van der Waals surface area contributed by atoms with Gasteiger partial charge in [-0.05, 0) is 50.6 Å². The Balaban J connectivity index is 1.40. The molecule has 25 heavy (non-hydrogen) atoms. The lowest BCUT2D eigenvalue weighted by atomic mass is 10.1. The van der Waals surface area contributed by atoms with Gasteiger partial charge in [0.25, 0.3) is 0 Å². The highest BCUT2D eigenvalue weighted by Crippen LogP contribution is 2.31. The quantitative estimate of drug-likeness (QED) is 0.599. The van der Waals surface area contributed by atoms with Gasteiger partial charge < -0.3 is 9.64 Å². The molecule has 4 rings (SSSR count). The minimum Gasteiger partial charge on any atom is -0.477 e. The van der Waals surface area contributed by atoms with Crippen LogP contribution < -0.4 is 4.74 Å². The van der Waals surface area contributed by atoms with Crippen molar-refractivity contribution in [2.45, 2.75) is 25.7 Å². The number of likely N-dealkylation sites (tertiary alicyclic amines) is 1. The molecule has 1 aliphatic rings. The highest BCUT2D eigenvalue weighted by atomic mass is 35.5. The monoisotopic (exact) mass is 376 g/mol. The maximum absolute atomic E-state index is 6.05. The average molecular weight is 377 g/mol. The van der Waals surface area contributed by atoms with Crippen molar-refractivity contribution in [3.8, 4) is 16.5 Å². The predicted octanol–water partition coefficient (Wildman–Crippen LogP) is 4.37. The summed E-state index contributed by atoms with van der Waals surface area (Å²) in [6.45, 7) is 4.24. The van der Waals surface area contributed by atoms with E-state index >= 15 is 0 Å². The molecule has 3 aromatic heterocycles. The zero-order valence-electron chi connectivity index (χ0n) is 14.0. The largest absolute Gasteiger partial charge is 0.477 e. The van der Waals surface area contributed by atoms with Gasteiger partial charge in [-0.3, -0.25) is 0 Å². The zero-order valence-corrected chi connectivity index (χ0v) is 15.6. The number of aromatic nitrogens is 3. The highest BCUT2D eigenvalue weighted by molar-refractivity contribution is 7.19. The van der Waals surface area contributed by atoms with Gasteiger partial charge in [-0.1, -0.05) is 18.0 Å². The van der Waals surface area contributed by atoms with Crippen LogP contribution in [0.1, 0.15) is 25.7 Å². The van der Waals surface area contributed by atoms with Gasteiger partial charge in [0, 0.05) is 12.6 Å². The van der Waals surface area contributed by atoms with Gasteiger partial charge in [0.1, 0.15) is 5.69 Å². The van der Waals surface area contributed by atoms with Crippen LogP contribution >= 0.6 is 22.9 Å². The summed E-state index contributed by atoms with van der Waals surface area (Å²) in [7, 11) is 0. The molecular formula is C18H21ClN4OS. The van der Waals surface area contributed by atoms with Gasteiger partial charge in [-0.25, -0.2) is 9.50 Å². The van der Waals surface area contributed by atoms with E-state index in [1.54, 1.807) is 0 Å². The molecule has 132 valence electrons. The first-order valence-corrected chi connectivity index (χ1v) is 9.95. The van der Waals surface area contributed by atoms with Crippen LogP contribution in [0, 0.1) is 0 Å². The number of rotatable bonds is 6. The lowest BCUT2D eigenvalue weighted by molar-refractivity contribution is 0.202. The van der Waals surface area contributed by atoms with Crippen LogP contribution in [-0.2, 0) is 0 Å². The van der Waals surface area contributed by atoms with Crippen molar-refractivity contribution >= 4 is 28.6 Å². The summed E-state index contributed by atoms with van der Waals surface area (Å²) in [4.78, 5) is 7.98. The van der Waals surface area contributed by atoms with Gasteiger partial charge in [-0.15, -0.1) is 16.4 Å². The fraction of sp³-hybridized carbons (Fsp3) is 0.444. The summed E-state index contributed by atoms with van der Waals surface area (Å²) in [6, 6.07) is 7.70. The fourth-order valence-electron chi connectivity index (χ4n) is 3.20. The standard InChI is InChI=1S/C18H21ClN4OS/c19-16-6-5-15(25-16)14-13-20-17-7-8-18(21-23(14)17)24-12-4-11-22-9-2-1-3-10-22/h5-8,13H,1-4,9-12H2. The van der Waals surface area contributed by atoms with E-state index in [0.29, 0.717) is 12.5 Å². The van der Waals surface area contributed by atoms with Crippen molar-refractivity contribution in [1.29, 1.82) is 0 Å². The minimum atomic E-state index is 0.632. The van der Waals surface area contributed by atoms with E-state index in [0.717, 1.165) is 33.5 Å². The molecule has 1 saturated heterocycles. The van der Waals surface area contributed by atoms with Crippen LogP contribution in [0.25, 0.3) is 16.2 Å². The minimum absolute atomic E-state index is 0.632. The summed E-state index contributed by atoms with van der Waals surface area (Å²) in [5, 5.41) is 4.59. The molecule has 1 fully saturated rings. The second kappa shape index (κ2) is 7.72. The molecular weight excluding hydrogens is 356 g/mol. The van der Waals surface area contributed by atoms with Crippen LogP contribution in [-0.4, -0.2) is 45.7 Å². The molecule has 0 aromatic carbocycles. The number of piperidine rings is 1. The van der Waals surface area contributed by atoms with Crippen LogP contribution in [0.5, 0.6) is 5.88 Å². The van der Waals surface area contributed by atoms with E-state index in [4.69, 9.17) is 16.3 Å². The molecule has 4 heterocycles. The van der Waals surface area contributed by atoms with Crippen molar-refractivity contribution in [3.05, 3.63) is 34.8 Å². The Hall–Kier alpha value is -1.63. The van der Waals surface area contributed by atoms with Crippen LogP contribution in [0.3, 0.4) is 0 Å². The lowest BCUT2D eigenvalue weighted by Gasteiger charge is -2.26. The number of fused-ring (bicyclic) bond motifs is 1. The third-order valence-corrected chi connectivity index (χ3v) is 5.73. The molecule has 1 aliphatic heterocycles. The third-order valence-electron chi connectivity index (χ3n) is 4.48. The highest BCUT2D eigenvalue weighted by Gasteiger charge is 2.11. The smallest absolute Gasteiger partial charge is 0.231 e. The van der Waals surface area contributed by atoms with E-state index in [-0.39, 0.29) is 0 Å². The number of hydrogen-bond acceptors (Lipinski definition) is 5. The first-order valence-electron chi connectivity index (χ1n) is 8.75. The predicted molar refractivity (Wildman–Crippen MR) is 102 cm³/mol. The van der Waals surface area contributed by atoms with Crippen molar-refractivity contribution in [3.63, 3.8) is 0 Å². The van der Waals surface area contributed by atoms with Crippen molar-refractivity contribution in [2.24, 2.45) is 0 Å². The molecule has 5 nitrogen and oxygen atoms in total. The lowest BCUT2D eigenvalue weighted by Crippen LogP contribution is -2.31. The zero-order chi connectivity index (χ0) is 17.1. The molecule has 0 amide bonds. The number of thiophene rings is 1. The van der Waals surface area contributed by atoms with E-state index in [2.05, 4.69) is 15.0 Å². The second-order valence-corrected chi connectivity index (χ2v) is 8.01. The maximum Gasteiger partial charge on any atom is 0.231 e. The second-order valence-electron chi connectivity index (χ2n) is 6.29. The maximum atomic E-state index is 6.05. The molecule has 3 aromatic rings. The third kappa shape index (κ3) is 3.97. The van der Waals surface area contributed by atoms with Gasteiger partial charge in [0.15, 0.2) is 5.65 Å². The average Bonchev–Trinajstić information content (AvgIpc) is 3.25. The number of hydrogen-bond donors (Lipinski definition) is 0. The molecule has 0 atom stereocenters. The molecule has 0 spiro atoms. The Morgan fingerprint density at radius 3 is 2.80 bits per heavy atom. The van der Waals surface area contributed by atoms with Crippen LogP contribution in [0.15, 0.2) is 30.5 Å². The van der Waals surface area contributed by atoms with Crippen molar-refractivity contribution < 1.29 is 4.74 Å². The summed E-state index contributed by atoms with van der Waals surface area (Å²) >= 11 is 7.57. The van der Waals surface area contributed by atoms with Crippen molar-refractivity contribution in [1.82, 2.24) is 19.5 Å². The SMILES string of the molecule is Clc1ccc(-c2cnc3ccc(OCCCN4CCCCC4)nn23)s1. The normalized spacial score (nSPS) is 15.7. The Morgan fingerprint density at radius 1 is 1.12 bits per heavy atom.